The van der Waals surface area contributed by atoms with Crippen LogP contribution in [0.15, 0.2) is 48.8 Å². The van der Waals surface area contributed by atoms with Crippen molar-refractivity contribution < 1.29 is 27.4 Å². The van der Waals surface area contributed by atoms with Crippen LogP contribution in [0.1, 0.15) is 31.4 Å². The first-order valence-electron chi connectivity index (χ1n) is 12.9. The number of aromatic nitrogens is 2. The minimum atomic E-state index is -4.57. The van der Waals surface area contributed by atoms with Crippen molar-refractivity contribution in [1.82, 2.24) is 14.9 Å². The average molecular weight is 554 g/mol. The van der Waals surface area contributed by atoms with Gasteiger partial charge in [-0.1, -0.05) is 25.8 Å². The fourth-order valence-electron chi connectivity index (χ4n) is 4.25. The largest absolute Gasteiger partial charge is 0.486 e. The molecule has 11 heteroatoms. The Morgan fingerprint density at radius 3 is 2.73 bits per heavy atom. The van der Waals surface area contributed by atoms with Crippen LogP contribution >= 0.6 is 0 Å². The molecule has 1 fully saturated rings. The average Bonchev–Trinajstić information content (AvgIpc) is 3.44. The van der Waals surface area contributed by atoms with Crippen molar-refractivity contribution in [2.75, 3.05) is 43.5 Å². The van der Waals surface area contributed by atoms with E-state index in [1.54, 1.807) is 18.2 Å². The third-order valence-corrected chi connectivity index (χ3v) is 6.45. The Bertz CT molecular complexity index is 1420. The summed E-state index contributed by atoms with van der Waals surface area (Å²) < 4.78 is 51.4. The molecule has 0 spiro atoms. The first-order valence-corrected chi connectivity index (χ1v) is 12.9. The summed E-state index contributed by atoms with van der Waals surface area (Å²) >= 11 is 0. The minimum absolute atomic E-state index is 0.180. The molecule has 1 amide bonds. The van der Waals surface area contributed by atoms with Gasteiger partial charge in [-0.2, -0.15) is 13.2 Å². The minimum Gasteiger partial charge on any atom is -0.486 e. The summed E-state index contributed by atoms with van der Waals surface area (Å²) in [5.74, 6) is 2.49. The van der Waals surface area contributed by atoms with Crippen LogP contribution < -0.4 is 15.4 Å². The lowest BCUT2D eigenvalue weighted by molar-refractivity contribution is -0.137. The van der Waals surface area contributed by atoms with E-state index >= 15 is 0 Å². The van der Waals surface area contributed by atoms with E-state index in [9.17, 15) is 18.0 Å². The number of likely N-dealkylation sites (N-methyl/N-ethyl adjacent to an activating group) is 1. The number of fused-ring (bicyclic) bond motifs is 1. The Morgan fingerprint density at radius 1 is 1.25 bits per heavy atom. The summed E-state index contributed by atoms with van der Waals surface area (Å²) in [5, 5.41) is 6.42. The van der Waals surface area contributed by atoms with Crippen LogP contribution in [-0.4, -0.2) is 59.7 Å². The maximum absolute atomic E-state index is 13.3. The highest BCUT2D eigenvalue weighted by molar-refractivity contribution is 6.03. The predicted octanol–water partition coefficient (Wildman–Crippen LogP) is 5.38. The van der Waals surface area contributed by atoms with E-state index in [1.807, 2.05) is 0 Å². The standard InChI is InChI=1S/C29H30F3N5O3/c1-4-19-14-20(9-10-23(19)29(30,31)32)35-28-22-15-25(36-27(38)8-7-12-37(5-2)6-3)26(16-24(22)33-18-34-28)40-21-11-13-39-17-21/h1,7-10,14-16,18,21H,5-6,11-13,17H2,2-3H3,(H,36,38)(H,33,34,35)/b8-7+/t21-/m0/s1. The van der Waals surface area contributed by atoms with Gasteiger partial charge in [-0.15, -0.1) is 6.42 Å². The number of halogens is 3. The Kier molecular flexibility index (Phi) is 9.24. The van der Waals surface area contributed by atoms with Gasteiger partial charge in [-0.3, -0.25) is 4.79 Å². The maximum Gasteiger partial charge on any atom is 0.417 e. The van der Waals surface area contributed by atoms with Gasteiger partial charge in [0.2, 0.25) is 5.91 Å². The van der Waals surface area contributed by atoms with E-state index < -0.39 is 11.7 Å². The number of anilines is 3. The number of alkyl halides is 3. The zero-order chi connectivity index (χ0) is 28.7. The highest BCUT2D eigenvalue weighted by atomic mass is 19.4. The van der Waals surface area contributed by atoms with E-state index in [0.717, 1.165) is 19.2 Å². The number of benzene rings is 2. The lowest BCUT2D eigenvalue weighted by Gasteiger charge is -2.18. The summed E-state index contributed by atoms with van der Waals surface area (Å²) in [5.41, 5.74) is 0.0194. The molecule has 2 N–H and O–H groups in total. The number of ether oxygens (including phenoxy) is 2. The van der Waals surface area contributed by atoms with E-state index in [-0.39, 0.29) is 17.6 Å². The molecule has 2 aromatic carbocycles. The molecule has 8 nitrogen and oxygen atoms in total. The zero-order valence-electron chi connectivity index (χ0n) is 22.2. The Labute approximate surface area is 230 Å². The van der Waals surface area contributed by atoms with Crippen molar-refractivity contribution in [2.24, 2.45) is 0 Å². The molecule has 0 radical (unpaired) electrons. The Hall–Kier alpha value is -4.14. The van der Waals surface area contributed by atoms with Crippen LogP contribution in [0, 0.1) is 12.3 Å². The zero-order valence-corrected chi connectivity index (χ0v) is 22.2. The van der Waals surface area contributed by atoms with Crippen molar-refractivity contribution in [2.45, 2.75) is 32.5 Å². The summed E-state index contributed by atoms with van der Waals surface area (Å²) in [7, 11) is 0. The highest BCUT2D eigenvalue weighted by Gasteiger charge is 2.33. The molecule has 0 bridgehead atoms. The summed E-state index contributed by atoms with van der Waals surface area (Å²) in [6.45, 7) is 7.48. The van der Waals surface area contributed by atoms with Gasteiger partial charge in [-0.25, -0.2) is 9.97 Å². The third-order valence-electron chi connectivity index (χ3n) is 6.45. The molecule has 2 heterocycles. The van der Waals surface area contributed by atoms with Crippen LogP contribution in [0.2, 0.25) is 0 Å². The van der Waals surface area contributed by atoms with E-state index in [0.29, 0.717) is 60.0 Å². The smallest absolute Gasteiger partial charge is 0.417 e. The number of hydrogen-bond donors (Lipinski definition) is 2. The van der Waals surface area contributed by atoms with E-state index in [1.165, 1.54) is 24.5 Å². The van der Waals surface area contributed by atoms with Gasteiger partial charge in [0.25, 0.3) is 0 Å². The molecule has 1 aliphatic rings. The molecule has 3 aromatic rings. The van der Waals surface area contributed by atoms with Gasteiger partial charge in [0.1, 0.15) is 24.0 Å². The van der Waals surface area contributed by atoms with Gasteiger partial charge < -0.3 is 25.0 Å². The van der Waals surface area contributed by atoms with Crippen LogP contribution in [0.4, 0.5) is 30.4 Å². The maximum atomic E-state index is 13.3. The fourth-order valence-corrected chi connectivity index (χ4v) is 4.25. The number of carbonyl (C=O) groups is 1. The van der Waals surface area contributed by atoms with Crippen LogP contribution in [0.5, 0.6) is 5.75 Å². The predicted molar refractivity (Wildman–Crippen MR) is 148 cm³/mol. The number of hydrogen-bond acceptors (Lipinski definition) is 7. The van der Waals surface area contributed by atoms with Crippen LogP contribution in [-0.2, 0) is 15.7 Å². The van der Waals surface area contributed by atoms with Gasteiger partial charge in [0.15, 0.2) is 0 Å². The first kappa shape index (κ1) is 28.9. The van der Waals surface area contributed by atoms with E-state index in [2.05, 4.69) is 45.3 Å². The van der Waals surface area contributed by atoms with Crippen molar-refractivity contribution >= 4 is 34.0 Å². The quantitative estimate of drug-likeness (QED) is 0.258. The van der Waals surface area contributed by atoms with E-state index in [4.69, 9.17) is 15.9 Å². The normalized spacial score (nSPS) is 15.5. The summed E-state index contributed by atoms with van der Waals surface area (Å²) in [6.07, 6.45) is 5.88. The first-order chi connectivity index (χ1) is 19.2. The molecular formula is C29H30F3N5O3. The summed E-state index contributed by atoms with van der Waals surface area (Å²) in [4.78, 5) is 23.6. The number of terminal acetylenes is 1. The molecule has 210 valence electrons. The van der Waals surface area contributed by atoms with Crippen LogP contribution in [0.25, 0.3) is 10.9 Å². The highest BCUT2D eigenvalue weighted by Crippen LogP contribution is 2.36. The number of rotatable bonds is 10. The lowest BCUT2D eigenvalue weighted by atomic mass is 10.1. The fraction of sp³-hybridized carbons (Fsp3) is 0.345. The number of nitrogens with zero attached hydrogens (tertiary/aromatic N) is 3. The number of nitrogens with one attached hydrogen (secondary N) is 2. The summed E-state index contributed by atoms with van der Waals surface area (Å²) in [6, 6.07) is 6.80. The van der Waals surface area contributed by atoms with Gasteiger partial charge in [0.05, 0.1) is 30.0 Å². The SMILES string of the molecule is C#Cc1cc(Nc2ncnc3cc(O[C@H]4CCOC4)c(NC(=O)/C=C/CN(CC)CC)cc23)ccc1C(F)(F)F. The number of amides is 1. The second kappa shape index (κ2) is 12.8. The van der Waals surface area contributed by atoms with Crippen molar-refractivity contribution in [3.63, 3.8) is 0 Å². The van der Waals surface area contributed by atoms with Crippen molar-refractivity contribution in [1.29, 1.82) is 0 Å². The Morgan fingerprint density at radius 2 is 2.05 bits per heavy atom. The van der Waals surface area contributed by atoms with Crippen molar-refractivity contribution in [3.8, 4) is 18.1 Å². The second-order valence-corrected chi connectivity index (χ2v) is 9.10. The molecule has 4 rings (SSSR count). The molecule has 1 saturated heterocycles. The second-order valence-electron chi connectivity index (χ2n) is 9.10. The Balaban J connectivity index is 1.67. The van der Waals surface area contributed by atoms with Gasteiger partial charge in [-0.05, 0) is 37.4 Å². The number of carbonyl (C=O) groups excluding carboxylic acids is 1. The monoisotopic (exact) mass is 553 g/mol. The topological polar surface area (TPSA) is 88.6 Å². The van der Waals surface area contributed by atoms with Crippen LogP contribution in [0.3, 0.4) is 0 Å². The molecular weight excluding hydrogens is 523 g/mol. The van der Waals surface area contributed by atoms with Gasteiger partial charge >= 0.3 is 6.18 Å². The third kappa shape index (κ3) is 7.08. The lowest BCUT2D eigenvalue weighted by Crippen LogP contribution is -2.23. The molecule has 40 heavy (non-hydrogen) atoms. The molecule has 0 saturated carbocycles. The molecule has 1 atom stereocenters. The van der Waals surface area contributed by atoms with Crippen molar-refractivity contribution in [3.05, 3.63) is 59.9 Å². The van der Waals surface area contributed by atoms with Gasteiger partial charge in [0, 0.05) is 41.7 Å². The molecule has 0 unspecified atom stereocenters. The molecule has 0 aliphatic carbocycles. The molecule has 1 aromatic heterocycles. The molecule has 1 aliphatic heterocycles.